The molecule has 0 amide bonds. The molecule has 4 heteroatoms. The molecule has 0 heterocycles. The summed E-state index contributed by atoms with van der Waals surface area (Å²) in [7, 11) is 0. The minimum absolute atomic E-state index is 0. The van der Waals surface area contributed by atoms with Crippen LogP contribution in [0, 0.1) is 0 Å². The van der Waals surface area contributed by atoms with Crippen LogP contribution in [-0.2, 0) is 4.79 Å². The number of hydrogen-bond donors (Lipinski definition) is 0. The zero-order valence-corrected chi connectivity index (χ0v) is 9.50. The second-order valence-electron chi connectivity index (χ2n) is 0.492. The third kappa shape index (κ3) is 96.0. The molecule has 0 saturated heterocycles. The Morgan fingerprint density at radius 1 is 1.67 bits per heavy atom. The third-order valence-corrected chi connectivity index (χ3v) is 0. The number of halogens is 1. The first kappa shape index (κ1) is 15.8. The van der Waals surface area contributed by atoms with Crippen LogP contribution < -0.4 is 5.11 Å². The van der Waals surface area contributed by atoms with E-state index >= 15 is 0 Å². The molecule has 0 saturated carbocycles. The van der Waals surface area contributed by atoms with Gasteiger partial charge in [0.25, 0.3) is 0 Å². The number of carbonyl (C=O) groups excluding carboxylic acids is 1. The van der Waals surface area contributed by atoms with Gasteiger partial charge in [0, 0.05) is 5.97 Å². The van der Waals surface area contributed by atoms with Crippen molar-refractivity contribution in [2.45, 2.75) is 6.92 Å². The fourth-order valence-electron chi connectivity index (χ4n) is 0. The summed E-state index contributed by atoms with van der Waals surface area (Å²) in [5.74, 6) is -1.08. The number of hydrogen-bond acceptors (Lipinski definition) is 2. The molecule has 0 fully saturated rings. The Morgan fingerprint density at radius 3 is 1.67 bits per heavy atom. The Morgan fingerprint density at radius 2 is 1.67 bits per heavy atom. The van der Waals surface area contributed by atoms with Crippen LogP contribution in [0.25, 0.3) is 0 Å². The summed E-state index contributed by atoms with van der Waals surface area (Å²) in [5, 5.41) is 8.89. The van der Waals surface area contributed by atoms with E-state index in [1.54, 1.807) is 0 Å². The van der Waals surface area contributed by atoms with Crippen molar-refractivity contribution >= 4 is 50.2 Å². The summed E-state index contributed by atoms with van der Waals surface area (Å²) >= 11 is 0. The monoisotopic (exact) mass is 344 g/mol. The second kappa shape index (κ2) is 9.30. The van der Waals surface area contributed by atoms with E-state index in [4.69, 9.17) is 9.90 Å². The van der Waals surface area contributed by atoms with E-state index in [-0.39, 0.29) is 44.3 Å². The van der Waals surface area contributed by atoms with E-state index in [2.05, 4.69) is 0 Å². The van der Waals surface area contributed by atoms with Crippen molar-refractivity contribution < 1.29 is 9.90 Å². The van der Waals surface area contributed by atoms with Gasteiger partial charge in [-0.2, -0.15) is 0 Å². The fourth-order valence-corrected chi connectivity index (χ4v) is 0. The van der Waals surface area contributed by atoms with E-state index in [1.807, 2.05) is 0 Å². The van der Waals surface area contributed by atoms with Crippen LogP contribution in [0.2, 0.25) is 0 Å². The van der Waals surface area contributed by atoms with Gasteiger partial charge in [-0.05, 0) is 6.92 Å². The standard InChI is InChI=1S/C2H4O2.BrH.Tl/c1-2(3)4;;/h1H3,(H,3,4);1H;/q;;+1/p-1. The summed E-state index contributed by atoms with van der Waals surface area (Å²) in [6, 6.07) is 0. The first-order valence-corrected chi connectivity index (χ1v) is 0.908. The van der Waals surface area contributed by atoms with Gasteiger partial charge in [-0.3, -0.25) is 0 Å². The molecule has 0 aromatic rings. The van der Waals surface area contributed by atoms with Gasteiger partial charge in [0.1, 0.15) is 0 Å². The second-order valence-corrected chi connectivity index (χ2v) is 0.492. The summed E-state index contributed by atoms with van der Waals surface area (Å²) < 4.78 is 0. The van der Waals surface area contributed by atoms with Crippen LogP contribution in [-0.4, -0.2) is 33.3 Å². The van der Waals surface area contributed by atoms with Crippen molar-refractivity contribution in [1.29, 1.82) is 0 Å². The number of rotatable bonds is 0. The van der Waals surface area contributed by atoms with Crippen LogP contribution in [0.3, 0.4) is 0 Å². The molecule has 0 unspecified atom stereocenters. The molecular formula is C2H4BrO2Tl. The van der Waals surface area contributed by atoms with Gasteiger partial charge in [-0.1, -0.05) is 0 Å². The Kier molecular flexibility index (Phi) is 24.5. The molecule has 0 N–H and O–H groups in total. The molecule has 0 aliphatic heterocycles. The average molecular weight is 344 g/mol. The fraction of sp³-hybridized carbons (Fsp3) is 0.500. The summed E-state index contributed by atoms with van der Waals surface area (Å²) in [6.07, 6.45) is 0. The molecule has 0 aliphatic rings. The van der Waals surface area contributed by atoms with Crippen LogP contribution in [0.1, 0.15) is 6.92 Å². The Labute approximate surface area is 66.9 Å². The topological polar surface area (TPSA) is 40.1 Å². The molecule has 0 radical (unpaired) electrons. The van der Waals surface area contributed by atoms with E-state index in [0.717, 1.165) is 6.92 Å². The zero-order valence-electron chi connectivity index (χ0n) is 3.30. The molecule has 0 aromatic carbocycles. The largest absolute Gasteiger partial charge is 1.00 e. The molecule has 0 aromatic heterocycles. The van der Waals surface area contributed by atoms with Crippen molar-refractivity contribution in [1.82, 2.24) is 0 Å². The van der Waals surface area contributed by atoms with Crippen molar-refractivity contribution in [3.05, 3.63) is 0 Å². The van der Waals surface area contributed by atoms with Gasteiger partial charge < -0.3 is 9.90 Å². The number of carbonyl (C=O) groups is 1. The maximum atomic E-state index is 8.89. The molecule has 34 valence electrons. The van der Waals surface area contributed by atoms with Crippen LogP contribution in [0.4, 0.5) is 0 Å². The molecular weight excluding hydrogens is 340 g/mol. The number of carboxylic acid groups (broad SMARTS) is 1. The summed E-state index contributed by atoms with van der Waals surface area (Å²) in [4.78, 5) is 8.89. The maximum Gasteiger partial charge on any atom is 1.00 e. The third-order valence-electron chi connectivity index (χ3n) is 0. The van der Waals surface area contributed by atoms with E-state index in [0.29, 0.717) is 0 Å². The Hall–Kier alpha value is 0.872. The van der Waals surface area contributed by atoms with Crippen molar-refractivity contribution in [2.24, 2.45) is 0 Å². The minimum atomic E-state index is -1.08. The minimum Gasteiger partial charge on any atom is -0.550 e. The summed E-state index contributed by atoms with van der Waals surface area (Å²) in [5.41, 5.74) is 0. The van der Waals surface area contributed by atoms with Gasteiger partial charge in [0.15, 0.2) is 0 Å². The normalized spacial score (nSPS) is 4.17. The predicted octanol–water partition coefficient (Wildman–Crippen LogP) is -1.05. The maximum absolute atomic E-state index is 8.89. The SMILES string of the molecule is Br.CC(=O)[O-].[Tl+]. The average Bonchev–Trinajstić information content (AvgIpc) is 0.811. The molecule has 0 spiro atoms. The molecule has 0 atom stereocenters. The molecule has 0 bridgehead atoms. The van der Waals surface area contributed by atoms with E-state index < -0.39 is 5.97 Å². The van der Waals surface area contributed by atoms with Crippen LogP contribution in [0.15, 0.2) is 0 Å². The van der Waals surface area contributed by atoms with Crippen molar-refractivity contribution in [2.75, 3.05) is 0 Å². The first-order chi connectivity index (χ1) is 1.73. The smallest absolute Gasteiger partial charge is 0.550 e. The number of carboxylic acids is 1. The van der Waals surface area contributed by atoms with Gasteiger partial charge in [-0.15, -0.1) is 17.0 Å². The molecule has 2 nitrogen and oxygen atoms in total. The van der Waals surface area contributed by atoms with E-state index in [9.17, 15) is 0 Å². The first-order valence-electron chi connectivity index (χ1n) is 0.908. The molecule has 0 aliphatic carbocycles. The zero-order chi connectivity index (χ0) is 3.58. The van der Waals surface area contributed by atoms with Crippen LogP contribution in [0.5, 0.6) is 0 Å². The van der Waals surface area contributed by atoms with Gasteiger partial charge in [-0.25, -0.2) is 0 Å². The Bertz CT molecular complexity index is 34.5. The summed E-state index contributed by atoms with van der Waals surface area (Å²) in [6.45, 7) is 0.972. The van der Waals surface area contributed by atoms with Gasteiger partial charge in [0.05, 0.1) is 0 Å². The molecule has 0 rings (SSSR count). The van der Waals surface area contributed by atoms with Crippen molar-refractivity contribution in [3.63, 3.8) is 0 Å². The predicted molar refractivity (Wildman–Crippen MR) is 26.8 cm³/mol. The number of aliphatic carboxylic acids is 1. The van der Waals surface area contributed by atoms with E-state index in [1.165, 1.54) is 0 Å². The van der Waals surface area contributed by atoms with Gasteiger partial charge in [0.2, 0.25) is 0 Å². The Balaban J connectivity index is -0.0000000450. The molecule has 6 heavy (non-hydrogen) atoms. The van der Waals surface area contributed by atoms with Gasteiger partial charge >= 0.3 is 27.3 Å². The van der Waals surface area contributed by atoms with Crippen molar-refractivity contribution in [3.8, 4) is 0 Å². The van der Waals surface area contributed by atoms with Crippen LogP contribution >= 0.6 is 17.0 Å². The quantitative estimate of drug-likeness (QED) is 0.527.